The average Bonchev–Trinajstić information content (AvgIpc) is 2.79. The molecule has 0 unspecified atom stereocenters. The summed E-state index contributed by atoms with van der Waals surface area (Å²) in [5, 5.41) is 5.28. The fourth-order valence-corrected chi connectivity index (χ4v) is 2.39. The highest BCUT2D eigenvalue weighted by atomic mass is 19.1. The van der Waals surface area contributed by atoms with Gasteiger partial charge >= 0.3 is 5.97 Å². The third-order valence-corrected chi connectivity index (χ3v) is 3.92. The lowest BCUT2D eigenvalue weighted by molar-refractivity contribution is -0.136. The molecule has 7 nitrogen and oxygen atoms in total. The Morgan fingerprint density at radius 3 is 2.45 bits per heavy atom. The van der Waals surface area contributed by atoms with Crippen LogP contribution in [-0.2, 0) is 9.53 Å². The number of nitrogens with one attached hydrogen (secondary N) is 2. The van der Waals surface area contributed by atoms with Crippen LogP contribution in [0.4, 0.5) is 14.5 Å². The normalized spacial score (nSPS) is 10.9. The topological polar surface area (TPSA) is 89.6 Å². The molecule has 31 heavy (non-hydrogen) atoms. The third-order valence-electron chi connectivity index (χ3n) is 3.92. The van der Waals surface area contributed by atoms with Crippen molar-refractivity contribution in [2.24, 2.45) is 0 Å². The number of hydrogen-bond acceptors (Lipinski definition) is 6. The van der Waals surface area contributed by atoms with Crippen LogP contribution < -0.4 is 15.4 Å². The number of carbonyl (C=O) groups is 2. The van der Waals surface area contributed by atoms with E-state index in [0.29, 0.717) is 17.3 Å². The van der Waals surface area contributed by atoms with Crippen LogP contribution in [-0.4, -0.2) is 24.0 Å². The lowest BCUT2D eigenvalue weighted by atomic mass is 10.2. The van der Waals surface area contributed by atoms with Gasteiger partial charge in [-0.15, -0.1) is 0 Å². The molecule has 0 saturated carbocycles. The maximum absolute atomic E-state index is 13.7. The average molecular weight is 425 g/mol. The summed E-state index contributed by atoms with van der Waals surface area (Å²) in [6.45, 7) is 0. The monoisotopic (exact) mass is 425 g/mol. The summed E-state index contributed by atoms with van der Waals surface area (Å²) >= 11 is 0. The number of carbonyl (C=O) groups excluding carboxylic acids is 2. The van der Waals surface area contributed by atoms with Crippen LogP contribution in [0, 0.1) is 11.6 Å². The second-order valence-electron chi connectivity index (χ2n) is 6.08. The minimum Gasteiger partial charge on any atom is -0.464 e. The molecule has 158 valence electrons. The zero-order valence-electron chi connectivity index (χ0n) is 16.3. The highest BCUT2D eigenvalue weighted by Gasteiger charge is 2.14. The van der Waals surface area contributed by atoms with Crippen LogP contribution in [0.5, 0.6) is 11.6 Å². The number of aromatic nitrogens is 1. The summed E-state index contributed by atoms with van der Waals surface area (Å²) in [5.74, 6) is -2.91. The number of methoxy groups -OCH3 is 1. The number of amides is 1. The van der Waals surface area contributed by atoms with Crippen molar-refractivity contribution < 1.29 is 27.8 Å². The molecule has 0 radical (unpaired) electrons. The van der Waals surface area contributed by atoms with Crippen LogP contribution >= 0.6 is 0 Å². The molecule has 3 aromatic rings. The van der Waals surface area contributed by atoms with E-state index in [0.717, 1.165) is 12.1 Å². The van der Waals surface area contributed by atoms with Gasteiger partial charge in [-0.2, -0.15) is 0 Å². The van der Waals surface area contributed by atoms with Crippen LogP contribution in [0.25, 0.3) is 0 Å². The minimum absolute atomic E-state index is 0.0746. The molecule has 0 aliphatic rings. The number of halogens is 2. The first-order chi connectivity index (χ1) is 15.0. The standard InChI is InChI=1S/C22H17F2N3O4/c1-30-22(29)18(27-21(28)14-5-3-2-4-6-14)13-25-16-8-10-20(26-12-16)31-19-9-7-15(23)11-17(19)24/h2-13,25H,1H3,(H,27,28). The van der Waals surface area contributed by atoms with Crippen LogP contribution in [0.3, 0.4) is 0 Å². The van der Waals surface area contributed by atoms with E-state index in [1.54, 1.807) is 36.4 Å². The smallest absolute Gasteiger partial charge is 0.356 e. The Hall–Kier alpha value is -4.27. The number of hydrogen-bond donors (Lipinski definition) is 2. The predicted molar refractivity (Wildman–Crippen MR) is 108 cm³/mol. The molecule has 0 spiro atoms. The number of nitrogens with zero attached hydrogens (tertiary/aromatic N) is 1. The molecule has 1 aromatic heterocycles. The molecule has 0 bridgehead atoms. The van der Waals surface area contributed by atoms with E-state index in [2.05, 4.69) is 20.4 Å². The number of pyridine rings is 1. The van der Waals surface area contributed by atoms with E-state index in [9.17, 15) is 18.4 Å². The molecular weight excluding hydrogens is 408 g/mol. The molecule has 3 rings (SSSR count). The van der Waals surface area contributed by atoms with Gasteiger partial charge in [-0.25, -0.2) is 18.6 Å². The highest BCUT2D eigenvalue weighted by Crippen LogP contribution is 2.24. The van der Waals surface area contributed by atoms with Crippen molar-refractivity contribution in [3.8, 4) is 11.6 Å². The van der Waals surface area contributed by atoms with Gasteiger partial charge in [0.1, 0.15) is 11.5 Å². The van der Waals surface area contributed by atoms with E-state index in [-0.39, 0.29) is 17.3 Å². The molecule has 2 aromatic carbocycles. The summed E-state index contributed by atoms with van der Waals surface area (Å²) in [6, 6.07) is 14.3. The van der Waals surface area contributed by atoms with Crippen LogP contribution in [0.1, 0.15) is 10.4 Å². The first kappa shape index (κ1) is 21.4. The second kappa shape index (κ2) is 9.97. The SMILES string of the molecule is COC(=O)C(=CNc1ccc(Oc2ccc(F)cc2F)nc1)NC(=O)c1ccccc1. The van der Waals surface area contributed by atoms with Gasteiger partial charge in [-0.1, -0.05) is 18.2 Å². The number of benzene rings is 2. The molecule has 1 heterocycles. The summed E-state index contributed by atoms with van der Waals surface area (Å²) in [6.07, 6.45) is 2.62. The van der Waals surface area contributed by atoms with Gasteiger partial charge in [0, 0.05) is 23.9 Å². The first-order valence-electron chi connectivity index (χ1n) is 8.96. The summed E-state index contributed by atoms with van der Waals surface area (Å²) in [5.41, 5.74) is 0.695. The van der Waals surface area contributed by atoms with E-state index in [1.165, 1.54) is 25.6 Å². The minimum atomic E-state index is -0.858. The van der Waals surface area contributed by atoms with E-state index in [4.69, 9.17) is 4.74 Å². The van der Waals surface area contributed by atoms with E-state index >= 15 is 0 Å². The van der Waals surface area contributed by atoms with Crippen LogP contribution in [0.2, 0.25) is 0 Å². The Bertz CT molecular complexity index is 1100. The molecule has 0 saturated heterocycles. The Kier molecular flexibility index (Phi) is 6.89. The van der Waals surface area contributed by atoms with Gasteiger partial charge in [-0.3, -0.25) is 4.79 Å². The Morgan fingerprint density at radius 1 is 1.03 bits per heavy atom. The lowest BCUT2D eigenvalue weighted by Gasteiger charge is -2.10. The van der Waals surface area contributed by atoms with Crippen molar-refractivity contribution in [3.05, 3.63) is 96.0 Å². The summed E-state index contributed by atoms with van der Waals surface area (Å²) < 4.78 is 36.6. The summed E-state index contributed by atoms with van der Waals surface area (Å²) in [4.78, 5) is 28.3. The number of anilines is 1. The lowest BCUT2D eigenvalue weighted by Crippen LogP contribution is -2.28. The molecule has 0 aliphatic carbocycles. The zero-order chi connectivity index (χ0) is 22.2. The quantitative estimate of drug-likeness (QED) is 0.439. The maximum Gasteiger partial charge on any atom is 0.356 e. The first-order valence-corrected chi connectivity index (χ1v) is 8.96. The largest absolute Gasteiger partial charge is 0.464 e. The summed E-state index contributed by atoms with van der Waals surface area (Å²) in [7, 11) is 1.19. The van der Waals surface area contributed by atoms with Gasteiger partial charge in [0.05, 0.1) is 19.0 Å². The van der Waals surface area contributed by atoms with E-state index in [1.807, 2.05) is 0 Å². The Balaban J connectivity index is 1.68. The van der Waals surface area contributed by atoms with Gasteiger partial charge in [0.25, 0.3) is 5.91 Å². The fourth-order valence-electron chi connectivity index (χ4n) is 2.39. The molecule has 0 fully saturated rings. The molecule has 2 N–H and O–H groups in total. The molecule has 0 aliphatic heterocycles. The maximum atomic E-state index is 13.7. The third kappa shape index (κ3) is 5.86. The number of rotatable bonds is 7. The second-order valence-corrected chi connectivity index (χ2v) is 6.08. The Labute approximate surface area is 176 Å². The zero-order valence-corrected chi connectivity index (χ0v) is 16.3. The molecular formula is C22H17F2N3O4. The van der Waals surface area contributed by atoms with E-state index < -0.39 is 23.5 Å². The van der Waals surface area contributed by atoms with Crippen molar-refractivity contribution in [2.45, 2.75) is 0 Å². The van der Waals surface area contributed by atoms with Gasteiger partial charge < -0.3 is 20.1 Å². The van der Waals surface area contributed by atoms with Crippen molar-refractivity contribution in [1.82, 2.24) is 10.3 Å². The van der Waals surface area contributed by atoms with Crippen molar-refractivity contribution in [2.75, 3.05) is 12.4 Å². The number of esters is 1. The molecule has 9 heteroatoms. The molecule has 1 amide bonds. The fraction of sp³-hybridized carbons (Fsp3) is 0.0455. The number of ether oxygens (including phenoxy) is 2. The van der Waals surface area contributed by atoms with Crippen molar-refractivity contribution in [1.29, 1.82) is 0 Å². The van der Waals surface area contributed by atoms with Gasteiger partial charge in [-0.05, 0) is 30.3 Å². The molecule has 0 atom stereocenters. The van der Waals surface area contributed by atoms with Gasteiger partial charge in [0.2, 0.25) is 5.88 Å². The predicted octanol–water partition coefficient (Wildman–Crippen LogP) is 4.01. The Morgan fingerprint density at radius 2 is 1.81 bits per heavy atom. The highest BCUT2D eigenvalue weighted by molar-refractivity contribution is 6.01. The van der Waals surface area contributed by atoms with Crippen LogP contribution in [0.15, 0.2) is 78.8 Å². The van der Waals surface area contributed by atoms with Crippen molar-refractivity contribution in [3.63, 3.8) is 0 Å². The van der Waals surface area contributed by atoms with Gasteiger partial charge in [0.15, 0.2) is 11.6 Å². The van der Waals surface area contributed by atoms with Crippen molar-refractivity contribution >= 4 is 17.6 Å².